The molecule has 5 heteroatoms. The fraction of sp³-hybridized carbons (Fsp3) is 0.562. The van der Waals surface area contributed by atoms with Crippen molar-refractivity contribution in [3.63, 3.8) is 0 Å². The highest BCUT2D eigenvalue weighted by Gasteiger charge is 2.20. The molecule has 0 bridgehead atoms. The molecule has 1 aromatic carbocycles. The highest BCUT2D eigenvalue weighted by Crippen LogP contribution is 2.28. The topological polar surface area (TPSA) is 58.6 Å². The van der Waals surface area contributed by atoms with Gasteiger partial charge < -0.3 is 15.2 Å². The molecule has 1 aromatic rings. The predicted octanol–water partition coefficient (Wildman–Crippen LogP) is 3.16. The van der Waals surface area contributed by atoms with Crippen molar-refractivity contribution in [3.8, 4) is 5.75 Å². The maximum absolute atomic E-state index is 12.1. The molecule has 1 atom stereocenters. The number of ether oxygens (including phenoxy) is 1. The first-order valence-electron chi connectivity index (χ1n) is 7.48. The van der Waals surface area contributed by atoms with Crippen LogP contribution in [0.15, 0.2) is 18.2 Å². The number of aliphatic hydroxyl groups excluding tert-OH is 1. The summed E-state index contributed by atoms with van der Waals surface area (Å²) in [6, 6.07) is 5.20. The molecule has 0 saturated heterocycles. The molecule has 1 aliphatic rings. The van der Waals surface area contributed by atoms with Crippen LogP contribution >= 0.6 is 11.6 Å². The molecule has 0 heterocycles. The first kappa shape index (κ1) is 16.1. The average molecular weight is 312 g/mol. The van der Waals surface area contributed by atoms with Crippen LogP contribution in [0.25, 0.3) is 0 Å². The van der Waals surface area contributed by atoms with Gasteiger partial charge in [-0.15, -0.1) is 0 Å². The number of hydrogen-bond acceptors (Lipinski definition) is 3. The molecular formula is C16H22ClNO3. The lowest BCUT2D eigenvalue weighted by Crippen LogP contribution is -2.32. The van der Waals surface area contributed by atoms with Crippen molar-refractivity contribution in [1.82, 2.24) is 5.32 Å². The minimum atomic E-state index is -0.194. The van der Waals surface area contributed by atoms with E-state index in [1.54, 1.807) is 18.2 Å². The summed E-state index contributed by atoms with van der Waals surface area (Å²) in [4.78, 5) is 12.1. The monoisotopic (exact) mass is 311 g/mol. The molecule has 0 aliphatic heterocycles. The summed E-state index contributed by atoms with van der Waals surface area (Å²) in [6.07, 6.45) is 5.08. The Morgan fingerprint density at radius 1 is 1.52 bits per heavy atom. The summed E-state index contributed by atoms with van der Waals surface area (Å²) in [6.45, 7) is 2.05. The van der Waals surface area contributed by atoms with Crippen LogP contribution in [0.2, 0.25) is 5.02 Å². The maximum atomic E-state index is 12.1. The van der Waals surface area contributed by atoms with Crippen LogP contribution in [0, 0.1) is 0 Å². The Balaban J connectivity index is 1.93. The predicted molar refractivity (Wildman–Crippen MR) is 83.0 cm³/mol. The van der Waals surface area contributed by atoms with Crippen molar-refractivity contribution in [2.24, 2.45) is 0 Å². The molecule has 1 amide bonds. The van der Waals surface area contributed by atoms with E-state index >= 15 is 0 Å². The van der Waals surface area contributed by atoms with E-state index in [1.807, 2.05) is 6.92 Å². The van der Waals surface area contributed by atoms with Crippen molar-refractivity contribution in [1.29, 1.82) is 0 Å². The molecule has 0 spiro atoms. The Kier molecular flexibility index (Phi) is 5.88. The fourth-order valence-electron chi connectivity index (χ4n) is 2.21. The molecule has 4 nitrogen and oxygen atoms in total. The molecule has 1 saturated carbocycles. The average Bonchev–Trinajstić information content (AvgIpc) is 2.40. The number of rotatable bonds is 7. The number of halogens is 1. The fourth-order valence-corrected chi connectivity index (χ4v) is 2.46. The van der Waals surface area contributed by atoms with E-state index in [0.717, 1.165) is 25.0 Å². The lowest BCUT2D eigenvalue weighted by molar-refractivity contribution is 0.0936. The van der Waals surface area contributed by atoms with E-state index in [0.29, 0.717) is 23.1 Å². The highest BCUT2D eigenvalue weighted by atomic mass is 35.5. The third-order valence-corrected chi connectivity index (χ3v) is 4.03. The van der Waals surface area contributed by atoms with Gasteiger partial charge in [0.05, 0.1) is 16.7 Å². The van der Waals surface area contributed by atoms with Crippen LogP contribution in [0.1, 0.15) is 49.4 Å². The van der Waals surface area contributed by atoms with Crippen LogP contribution in [-0.2, 0) is 0 Å². The molecule has 2 rings (SSSR count). The molecule has 21 heavy (non-hydrogen) atoms. The van der Waals surface area contributed by atoms with Crippen LogP contribution < -0.4 is 10.1 Å². The molecule has 116 valence electrons. The highest BCUT2D eigenvalue weighted by molar-refractivity contribution is 6.34. The number of amides is 1. The molecule has 1 fully saturated rings. The first-order chi connectivity index (χ1) is 10.1. The second kappa shape index (κ2) is 7.66. The van der Waals surface area contributed by atoms with Gasteiger partial charge in [0, 0.05) is 12.6 Å². The van der Waals surface area contributed by atoms with E-state index < -0.39 is 0 Å². The van der Waals surface area contributed by atoms with Gasteiger partial charge in [0.2, 0.25) is 0 Å². The lowest BCUT2D eigenvalue weighted by atomic mass is 9.96. The molecule has 0 radical (unpaired) electrons. The third kappa shape index (κ3) is 4.61. The van der Waals surface area contributed by atoms with Crippen LogP contribution in [0.5, 0.6) is 5.75 Å². The molecular weight excluding hydrogens is 290 g/mol. The van der Waals surface area contributed by atoms with E-state index in [4.69, 9.17) is 21.4 Å². The summed E-state index contributed by atoms with van der Waals surface area (Å²) in [5.74, 6) is 0.523. The normalized spacial score (nSPS) is 16.1. The quantitative estimate of drug-likeness (QED) is 0.813. The largest absolute Gasteiger partial charge is 0.490 e. The summed E-state index contributed by atoms with van der Waals surface area (Å²) >= 11 is 6.18. The Bertz CT molecular complexity index is 488. The Hall–Kier alpha value is -1.26. The van der Waals surface area contributed by atoms with Crippen molar-refractivity contribution in [2.45, 2.75) is 51.2 Å². The minimum Gasteiger partial charge on any atom is -0.490 e. The van der Waals surface area contributed by atoms with Gasteiger partial charge in [-0.25, -0.2) is 0 Å². The second-order valence-electron chi connectivity index (χ2n) is 5.55. The maximum Gasteiger partial charge on any atom is 0.253 e. The SMILES string of the molecule is CC(CCCO)NC(=O)c1ccc(OC2CCC2)cc1Cl. The smallest absolute Gasteiger partial charge is 0.253 e. The van der Waals surface area contributed by atoms with Gasteiger partial charge in [0.25, 0.3) is 5.91 Å². The Morgan fingerprint density at radius 3 is 2.86 bits per heavy atom. The van der Waals surface area contributed by atoms with Crippen molar-refractivity contribution in [2.75, 3.05) is 6.61 Å². The minimum absolute atomic E-state index is 0.00613. The van der Waals surface area contributed by atoms with E-state index in [1.165, 1.54) is 6.42 Å². The second-order valence-corrected chi connectivity index (χ2v) is 5.96. The Labute approximate surface area is 130 Å². The van der Waals surface area contributed by atoms with Crippen LogP contribution in [-0.4, -0.2) is 29.8 Å². The van der Waals surface area contributed by atoms with Gasteiger partial charge >= 0.3 is 0 Å². The zero-order valence-corrected chi connectivity index (χ0v) is 13.0. The van der Waals surface area contributed by atoms with Crippen molar-refractivity contribution >= 4 is 17.5 Å². The van der Waals surface area contributed by atoms with E-state index in [-0.39, 0.29) is 18.6 Å². The van der Waals surface area contributed by atoms with Crippen LogP contribution in [0.3, 0.4) is 0 Å². The van der Waals surface area contributed by atoms with Gasteiger partial charge in [-0.3, -0.25) is 4.79 Å². The summed E-state index contributed by atoms with van der Waals surface area (Å²) in [7, 11) is 0. The lowest BCUT2D eigenvalue weighted by Gasteiger charge is -2.26. The van der Waals surface area contributed by atoms with Crippen LogP contribution in [0.4, 0.5) is 0 Å². The third-order valence-electron chi connectivity index (χ3n) is 3.71. The first-order valence-corrected chi connectivity index (χ1v) is 7.86. The zero-order valence-electron chi connectivity index (χ0n) is 12.3. The summed E-state index contributed by atoms with van der Waals surface area (Å²) in [5.41, 5.74) is 0.452. The summed E-state index contributed by atoms with van der Waals surface area (Å²) in [5, 5.41) is 12.1. The summed E-state index contributed by atoms with van der Waals surface area (Å²) < 4.78 is 5.76. The molecule has 1 aliphatic carbocycles. The number of aliphatic hydroxyl groups is 1. The van der Waals surface area contributed by atoms with Gasteiger partial charge in [-0.1, -0.05) is 11.6 Å². The number of hydrogen-bond donors (Lipinski definition) is 2. The van der Waals surface area contributed by atoms with Gasteiger partial charge in [-0.05, 0) is 57.2 Å². The van der Waals surface area contributed by atoms with Crippen molar-refractivity contribution < 1.29 is 14.6 Å². The zero-order chi connectivity index (χ0) is 15.2. The van der Waals surface area contributed by atoms with Gasteiger partial charge in [-0.2, -0.15) is 0 Å². The van der Waals surface area contributed by atoms with Gasteiger partial charge in [0.15, 0.2) is 0 Å². The van der Waals surface area contributed by atoms with Gasteiger partial charge in [0.1, 0.15) is 5.75 Å². The number of benzene rings is 1. The van der Waals surface area contributed by atoms with Crippen molar-refractivity contribution in [3.05, 3.63) is 28.8 Å². The molecule has 2 N–H and O–H groups in total. The molecule has 1 unspecified atom stereocenters. The molecule has 0 aromatic heterocycles. The number of nitrogens with one attached hydrogen (secondary N) is 1. The van der Waals surface area contributed by atoms with E-state index in [2.05, 4.69) is 5.32 Å². The standard InChI is InChI=1S/C16H22ClNO3/c1-11(4-3-9-19)18-16(20)14-8-7-13(10-15(14)17)21-12-5-2-6-12/h7-8,10-12,19H,2-6,9H2,1H3,(H,18,20). The number of carbonyl (C=O) groups excluding carboxylic acids is 1. The Morgan fingerprint density at radius 2 is 2.29 bits per heavy atom. The van der Waals surface area contributed by atoms with E-state index in [9.17, 15) is 4.79 Å². The number of carbonyl (C=O) groups is 1.